The number of benzene rings is 1. The van der Waals surface area contributed by atoms with Gasteiger partial charge in [-0.3, -0.25) is 0 Å². The molecule has 3 heterocycles. The second-order valence-electron chi connectivity index (χ2n) is 9.47. The highest BCUT2D eigenvalue weighted by atomic mass is 32.2. The molecule has 7 nitrogen and oxygen atoms in total. The second-order valence-corrected chi connectivity index (χ2v) is 11.5. The number of halogens is 5. The number of hydrogen-bond acceptors (Lipinski definition) is 5. The highest BCUT2D eigenvalue weighted by Crippen LogP contribution is 2.35. The smallest absolute Gasteiger partial charge is 0.354 e. The minimum absolute atomic E-state index is 0.136. The zero-order chi connectivity index (χ0) is 26.5. The lowest BCUT2D eigenvalue weighted by atomic mass is 9.89. The number of alkyl halides is 3. The Morgan fingerprint density at radius 2 is 1.81 bits per heavy atom. The van der Waals surface area contributed by atoms with E-state index >= 15 is 0 Å². The molecule has 13 heteroatoms. The van der Waals surface area contributed by atoms with Crippen LogP contribution < -0.4 is 10.2 Å². The number of carbonyl (C=O) groups excluding carboxylic acids is 1. The van der Waals surface area contributed by atoms with E-state index in [2.05, 4.69) is 10.3 Å². The lowest BCUT2D eigenvalue weighted by Gasteiger charge is -2.43. The molecule has 0 bridgehead atoms. The van der Waals surface area contributed by atoms with Crippen molar-refractivity contribution in [3.05, 3.63) is 53.2 Å². The normalized spacial score (nSPS) is 21.7. The van der Waals surface area contributed by atoms with E-state index in [0.29, 0.717) is 25.1 Å². The Morgan fingerprint density at radius 1 is 1.14 bits per heavy atom. The van der Waals surface area contributed by atoms with Crippen molar-refractivity contribution < 1.29 is 35.2 Å². The SMILES string of the molecule is CC1(Cc2ccc(S(C)(=O)=O)cc2F)CNC(=O)N1C1CCN(c2ncc(C(F)(F)F)cc2F)CC1. The molecule has 36 heavy (non-hydrogen) atoms. The Balaban J connectivity index is 1.48. The lowest BCUT2D eigenvalue weighted by Crippen LogP contribution is -2.55. The van der Waals surface area contributed by atoms with Crippen LogP contribution in [-0.4, -0.2) is 61.8 Å². The van der Waals surface area contributed by atoms with E-state index in [0.717, 1.165) is 12.3 Å². The Bertz CT molecular complexity index is 1280. The summed E-state index contributed by atoms with van der Waals surface area (Å²) in [5.74, 6) is -1.93. The van der Waals surface area contributed by atoms with Crippen molar-refractivity contribution in [3.63, 3.8) is 0 Å². The molecule has 1 N–H and O–H groups in total. The number of rotatable bonds is 5. The van der Waals surface area contributed by atoms with E-state index in [1.165, 1.54) is 12.1 Å². The van der Waals surface area contributed by atoms with Gasteiger partial charge in [0.2, 0.25) is 0 Å². The Labute approximate surface area is 205 Å². The zero-order valence-corrected chi connectivity index (χ0v) is 20.4. The quantitative estimate of drug-likeness (QED) is 0.593. The lowest BCUT2D eigenvalue weighted by molar-refractivity contribution is -0.138. The van der Waals surface area contributed by atoms with Crippen molar-refractivity contribution in [2.75, 3.05) is 30.8 Å². The summed E-state index contributed by atoms with van der Waals surface area (Å²) in [6, 6.07) is 3.51. The minimum atomic E-state index is -4.70. The maximum atomic E-state index is 14.7. The number of nitrogens with zero attached hydrogens (tertiary/aromatic N) is 3. The van der Waals surface area contributed by atoms with E-state index in [9.17, 15) is 35.2 Å². The number of hydrogen-bond donors (Lipinski definition) is 1. The van der Waals surface area contributed by atoms with E-state index < -0.39 is 38.8 Å². The van der Waals surface area contributed by atoms with Crippen LogP contribution in [0.25, 0.3) is 0 Å². The van der Waals surface area contributed by atoms with Crippen LogP contribution in [0.1, 0.15) is 30.9 Å². The predicted molar refractivity (Wildman–Crippen MR) is 121 cm³/mol. The molecule has 2 aliphatic heterocycles. The van der Waals surface area contributed by atoms with Gasteiger partial charge in [-0.05, 0) is 43.5 Å². The van der Waals surface area contributed by atoms with Gasteiger partial charge in [0.1, 0.15) is 5.82 Å². The monoisotopic (exact) mass is 532 g/mol. The van der Waals surface area contributed by atoms with Gasteiger partial charge in [-0.1, -0.05) is 6.07 Å². The first kappa shape index (κ1) is 26.1. The predicted octanol–water partition coefficient (Wildman–Crippen LogP) is 3.78. The molecular formula is C23H25F5N4O3S. The molecule has 2 fully saturated rings. The average molecular weight is 533 g/mol. The van der Waals surface area contributed by atoms with Crippen molar-refractivity contribution in [2.24, 2.45) is 0 Å². The number of anilines is 1. The van der Waals surface area contributed by atoms with E-state index in [1.807, 2.05) is 0 Å². The number of piperidine rings is 1. The summed E-state index contributed by atoms with van der Waals surface area (Å²) in [5, 5.41) is 2.78. The maximum absolute atomic E-state index is 14.7. The fraction of sp³-hybridized carbons (Fsp3) is 0.478. The first-order valence-corrected chi connectivity index (χ1v) is 13.1. The topological polar surface area (TPSA) is 82.6 Å². The Hall–Kier alpha value is -2.96. The zero-order valence-electron chi connectivity index (χ0n) is 19.6. The largest absolute Gasteiger partial charge is 0.417 e. The van der Waals surface area contributed by atoms with Crippen LogP contribution in [0, 0.1) is 11.6 Å². The van der Waals surface area contributed by atoms with Gasteiger partial charge in [0.25, 0.3) is 0 Å². The first-order chi connectivity index (χ1) is 16.7. The summed E-state index contributed by atoms with van der Waals surface area (Å²) >= 11 is 0. The summed E-state index contributed by atoms with van der Waals surface area (Å²) in [4.78, 5) is 19.5. The molecule has 2 aliphatic rings. The molecule has 1 unspecified atom stereocenters. The molecular weight excluding hydrogens is 507 g/mol. The van der Waals surface area contributed by atoms with Gasteiger partial charge in [-0.2, -0.15) is 13.2 Å². The third-order valence-electron chi connectivity index (χ3n) is 6.72. The molecule has 1 aromatic heterocycles. The third kappa shape index (κ3) is 5.11. The number of aromatic nitrogens is 1. The van der Waals surface area contributed by atoms with E-state index in [4.69, 9.17) is 0 Å². The molecule has 4 rings (SSSR count). The number of urea groups is 1. The van der Waals surface area contributed by atoms with Crippen LogP contribution in [0.4, 0.5) is 32.6 Å². The van der Waals surface area contributed by atoms with Gasteiger partial charge < -0.3 is 15.1 Å². The molecule has 2 amide bonds. The maximum Gasteiger partial charge on any atom is 0.417 e. The van der Waals surface area contributed by atoms with Crippen molar-refractivity contribution >= 4 is 21.7 Å². The van der Waals surface area contributed by atoms with E-state index in [-0.39, 0.29) is 54.4 Å². The summed E-state index contributed by atoms with van der Waals surface area (Å²) < 4.78 is 91.0. The number of pyridine rings is 1. The summed E-state index contributed by atoms with van der Waals surface area (Å²) in [6.07, 6.45) is -2.17. The van der Waals surface area contributed by atoms with Crippen molar-refractivity contribution in [2.45, 2.75) is 48.8 Å². The second kappa shape index (κ2) is 9.16. The molecule has 0 aliphatic carbocycles. The third-order valence-corrected chi connectivity index (χ3v) is 7.83. The summed E-state index contributed by atoms with van der Waals surface area (Å²) in [7, 11) is -3.57. The van der Waals surface area contributed by atoms with Crippen molar-refractivity contribution in [1.82, 2.24) is 15.2 Å². The van der Waals surface area contributed by atoms with Crippen LogP contribution >= 0.6 is 0 Å². The molecule has 2 aromatic rings. The highest BCUT2D eigenvalue weighted by molar-refractivity contribution is 7.90. The highest BCUT2D eigenvalue weighted by Gasteiger charge is 2.46. The molecule has 0 radical (unpaired) electrons. The van der Waals surface area contributed by atoms with Crippen molar-refractivity contribution in [3.8, 4) is 0 Å². The number of nitrogens with one attached hydrogen (secondary N) is 1. The summed E-state index contributed by atoms with van der Waals surface area (Å²) in [5.41, 5.74) is -1.71. The van der Waals surface area contributed by atoms with Crippen LogP contribution in [0.15, 0.2) is 35.4 Å². The Morgan fingerprint density at radius 3 is 2.36 bits per heavy atom. The van der Waals surface area contributed by atoms with Gasteiger partial charge >= 0.3 is 12.2 Å². The minimum Gasteiger partial charge on any atom is -0.354 e. The van der Waals surface area contributed by atoms with Gasteiger partial charge in [-0.15, -0.1) is 0 Å². The standard InChI is InChI=1S/C23H25F5N4O3S/c1-22(11-14-3-4-17(10-18(14)24)36(2,34)35)13-30-21(33)32(22)16-5-7-31(8-6-16)20-19(25)9-15(12-29-20)23(26,27)28/h3-4,9-10,12,16H,5-8,11,13H2,1-2H3,(H,30,33). The number of amides is 2. The molecule has 1 atom stereocenters. The van der Waals surface area contributed by atoms with E-state index in [1.54, 1.807) is 16.7 Å². The molecule has 196 valence electrons. The van der Waals surface area contributed by atoms with Crippen LogP contribution in [0.5, 0.6) is 0 Å². The fourth-order valence-corrected chi connectivity index (χ4v) is 5.54. The first-order valence-electron chi connectivity index (χ1n) is 11.2. The van der Waals surface area contributed by atoms with Gasteiger partial charge in [0, 0.05) is 44.5 Å². The number of carbonyl (C=O) groups is 1. The average Bonchev–Trinajstić information content (AvgIpc) is 3.08. The molecule has 0 saturated carbocycles. The molecule has 0 spiro atoms. The van der Waals surface area contributed by atoms with Gasteiger partial charge in [0.05, 0.1) is 16.0 Å². The van der Waals surface area contributed by atoms with Crippen LogP contribution in [0.2, 0.25) is 0 Å². The van der Waals surface area contributed by atoms with Gasteiger partial charge in [-0.25, -0.2) is 27.0 Å². The van der Waals surface area contributed by atoms with Crippen molar-refractivity contribution in [1.29, 1.82) is 0 Å². The Kier molecular flexibility index (Phi) is 6.65. The summed E-state index contributed by atoms with van der Waals surface area (Å²) in [6.45, 7) is 2.57. The fourth-order valence-electron chi connectivity index (χ4n) is 4.90. The molecule has 1 aromatic carbocycles. The van der Waals surface area contributed by atoms with Gasteiger partial charge in [0.15, 0.2) is 21.5 Å². The number of sulfone groups is 1. The van der Waals surface area contributed by atoms with Crippen LogP contribution in [0.3, 0.4) is 0 Å². The molecule has 2 saturated heterocycles. The van der Waals surface area contributed by atoms with Crippen LogP contribution in [-0.2, 0) is 22.4 Å².